The van der Waals surface area contributed by atoms with Crippen molar-refractivity contribution in [2.24, 2.45) is 0 Å². The zero-order chi connectivity index (χ0) is 18.5. The van der Waals surface area contributed by atoms with Crippen molar-refractivity contribution in [1.82, 2.24) is 9.97 Å². The first kappa shape index (κ1) is 15.8. The average molecular weight is 358 g/mol. The summed E-state index contributed by atoms with van der Waals surface area (Å²) < 4.78 is 10.8. The number of fused-ring (bicyclic) bond motifs is 6. The van der Waals surface area contributed by atoms with E-state index in [1.54, 1.807) is 7.11 Å². The predicted molar refractivity (Wildman–Crippen MR) is 108 cm³/mol. The van der Waals surface area contributed by atoms with Crippen LogP contribution >= 0.6 is 0 Å². The Morgan fingerprint density at radius 2 is 1.74 bits per heavy atom. The molecule has 0 aliphatic rings. The Bertz CT molecular complexity index is 1340. The molecular formula is C22H18N2O3. The van der Waals surface area contributed by atoms with Gasteiger partial charge in [-0.05, 0) is 37.3 Å². The molecule has 0 spiro atoms. The highest BCUT2D eigenvalue weighted by Gasteiger charge is 2.22. The third kappa shape index (κ3) is 2.21. The molecule has 27 heavy (non-hydrogen) atoms. The maximum absolute atomic E-state index is 13.0. The Balaban J connectivity index is 2.00. The molecule has 0 atom stereocenters. The molecular weight excluding hydrogens is 340 g/mol. The second-order valence-corrected chi connectivity index (χ2v) is 6.52. The predicted octanol–water partition coefficient (Wildman–Crippen LogP) is 5.14. The van der Waals surface area contributed by atoms with E-state index in [4.69, 9.17) is 9.47 Å². The van der Waals surface area contributed by atoms with E-state index in [-0.39, 0.29) is 5.97 Å². The maximum atomic E-state index is 13.0. The van der Waals surface area contributed by atoms with E-state index >= 15 is 0 Å². The Labute approximate surface area is 154 Å². The molecule has 0 aliphatic heterocycles. The molecule has 0 unspecified atom stereocenters. The van der Waals surface area contributed by atoms with Crippen LogP contribution in [0.1, 0.15) is 17.3 Å². The monoisotopic (exact) mass is 358 g/mol. The number of carbonyl (C=O) groups excluding carboxylic acids is 1. The van der Waals surface area contributed by atoms with Crippen molar-refractivity contribution in [3.05, 3.63) is 54.1 Å². The summed E-state index contributed by atoms with van der Waals surface area (Å²) in [5.74, 6) is 0.415. The van der Waals surface area contributed by atoms with Crippen molar-refractivity contribution in [3.8, 4) is 5.75 Å². The van der Waals surface area contributed by atoms with Crippen LogP contribution in [0.15, 0.2) is 48.5 Å². The van der Waals surface area contributed by atoms with Crippen molar-refractivity contribution in [2.45, 2.75) is 6.92 Å². The lowest BCUT2D eigenvalue weighted by molar-refractivity contribution is 0.0531. The Morgan fingerprint density at radius 1 is 0.926 bits per heavy atom. The topological polar surface area (TPSA) is 67.1 Å². The summed E-state index contributed by atoms with van der Waals surface area (Å²) in [4.78, 5) is 19.8. The van der Waals surface area contributed by atoms with Crippen LogP contribution in [0, 0.1) is 0 Å². The fourth-order valence-corrected chi connectivity index (χ4v) is 3.88. The lowest BCUT2D eigenvalue weighted by atomic mass is 10.0. The summed E-state index contributed by atoms with van der Waals surface area (Å²) >= 11 is 0. The molecule has 0 aliphatic carbocycles. The standard InChI is InChI=1S/C22H18N2O3/c1-3-27-22(25)20-19-15-10-12(26-2)8-9-17(15)23-18(19)11-14-13-6-4-5-7-16(13)24-21(14)20/h4-11,23-24H,3H2,1-2H3. The van der Waals surface area contributed by atoms with Gasteiger partial charge in [0.05, 0.1) is 24.8 Å². The quantitative estimate of drug-likeness (QED) is 0.439. The highest BCUT2D eigenvalue weighted by Crippen LogP contribution is 2.38. The fourth-order valence-electron chi connectivity index (χ4n) is 3.88. The zero-order valence-corrected chi connectivity index (χ0v) is 15.1. The number of aromatic amines is 2. The molecule has 134 valence electrons. The van der Waals surface area contributed by atoms with Gasteiger partial charge in [0.25, 0.3) is 0 Å². The van der Waals surface area contributed by atoms with E-state index in [2.05, 4.69) is 22.1 Å². The van der Waals surface area contributed by atoms with E-state index < -0.39 is 0 Å². The SMILES string of the molecule is CCOC(=O)c1c2[nH]c3ccccc3c2cc2[nH]c3ccc(OC)cc3c12. The van der Waals surface area contributed by atoms with Crippen LogP contribution in [-0.2, 0) is 4.74 Å². The van der Waals surface area contributed by atoms with Crippen molar-refractivity contribution in [1.29, 1.82) is 0 Å². The number of nitrogens with one attached hydrogen (secondary N) is 2. The highest BCUT2D eigenvalue weighted by atomic mass is 16.5. The van der Waals surface area contributed by atoms with Gasteiger partial charge in [0.15, 0.2) is 0 Å². The molecule has 5 rings (SSSR count). The highest BCUT2D eigenvalue weighted by molar-refractivity contribution is 6.26. The molecule has 2 aromatic heterocycles. The number of hydrogen-bond donors (Lipinski definition) is 2. The Morgan fingerprint density at radius 3 is 2.56 bits per heavy atom. The van der Waals surface area contributed by atoms with E-state index in [1.165, 1.54) is 0 Å². The average Bonchev–Trinajstić information content (AvgIpc) is 3.23. The lowest BCUT2D eigenvalue weighted by Gasteiger charge is -2.07. The third-order valence-corrected chi connectivity index (χ3v) is 5.05. The summed E-state index contributed by atoms with van der Waals surface area (Å²) in [7, 11) is 1.64. The van der Waals surface area contributed by atoms with Gasteiger partial charge in [-0.1, -0.05) is 18.2 Å². The van der Waals surface area contributed by atoms with Gasteiger partial charge in [-0.15, -0.1) is 0 Å². The summed E-state index contributed by atoms with van der Waals surface area (Å²) in [6, 6.07) is 16.0. The number of hydrogen-bond acceptors (Lipinski definition) is 3. The summed E-state index contributed by atoms with van der Waals surface area (Å²) in [6.07, 6.45) is 0. The van der Waals surface area contributed by atoms with E-state index in [0.29, 0.717) is 12.2 Å². The van der Waals surface area contributed by atoms with E-state index in [9.17, 15) is 4.79 Å². The van der Waals surface area contributed by atoms with Gasteiger partial charge in [0.1, 0.15) is 5.75 Å². The van der Waals surface area contributed by atoms with Crippen LogP contribution in [0.2, 0.25) is 0 Å². The minimum Gasteiger partial charge on any atom is -0.497 e. The van der Waals surface area contributed by atoms with E-state index in [0.717, 1.165) is 49.4 Å². The Kier molecular flexibility index (Phi) is 3.37. The number of rotatable bonds is 3. The number of ether oxygens (including phenoxy) is 2. The van der Waals surface area contributed by atoms with Crippen LogP contribution in [-0.4, -0.2) is 29.7 Å². The first-order valence-corrected chi connectivity index (χ1v) is 8.91. The summed E-state index contributed by atoms with van der Waals surface area (Å²) in [6.45, 7) is 2.14. The number of H-pyrrole nitrogens is 2. The molecule has 0 fully saturated rings. The zero-order valence-electron chi connectivity index (χ0n) is 15.1. The third-order valence-electron chi connectivity index (χ3n) is 5.05. The number of aromatic nitrogens is 2. The van der Waals surface area contributed by atoms with Gasteiger partial charge in [0.2, 0.25) is 0 Å². The van der Waals surface area contributed by atoms with Crippen LogP contribution < -0.4 is 4.74 Å². The minimum absolute atomic E-state index is 0.322. The van der Waals surface area contributed by atoms with Crippen LogP contribution in [0.5, 0.6) is 5.75 Å². The minimum atomic E-state index is -0.330. The molecule has 5 aromatic rings. The number of carbonyl (C=O) groups is 1. The van der Waals surface area contributed by atoms with Crippen molar-refractivity contribution < 1.29 is 14.3 Å². The van der Waals surface area contributed by atoms with Crippen LogP contribution in [0.3, 0.4) is 0 Å². The lowest BCUT2D eigenvalue weighted by Crippen LogP contribution is -2.06. The van der Waals surface area contributed by atoms with Crippen molar-refractivity contribution in [2.75, 3.05) is 13.7 Å². The molecule has 0 bridgehead atoms. The van der Waals surface area contributed by atoms with Gasteiger partial charge in [-0.2, -0.15) is 0 Å². The van der Waals surface area contributed by atoms with Gasteiger partial charge in [0, 0.05) is 38.1 Å². The smallest absolute Gasteiger partial charge is 0.340 e. The normalized spacial score (nSPS) is 11.6. The largest absolute Gasteiger partial charge is 0.497 e. The molecule has 2 N–H and O–H groups in total. The molecule has 5 heteroatoms. The van der Waals surface area contributed by atoms with Crippen LogP contribution in [0.4, 0.5) is 0 Å². The first-order valence-electron chi connectivity index (χ1n) is 8.91. The van der Waals surface area contributed by atoms with Crippen molar-refractivity contribution in [3.63, 3.8) is 0 Å². The number of methoxy groups -OCH3 is 1. The van der Waals surface area contributed by atoms with Crippen LogP contribution in [0.25, 0.3) is 43.6 Å². The molecule has 5 nitrogen and oxygen atoms in total. The second-order valence-electron chi connectivity index (χ2n) is 6.52. The van der Waals surface area contributed by atoms with Gasteiger partial charge in [-0.25, -0.2) is 4.79 Å². The van der Waals surface area contributed by atoms with Crippen molar-refractivity contribution >= 4 is 49.6 Å². The molecule has 0 amide bonds. The number of esters is 1. The summed E-state index contributed by atoms with van der Waals surface area (Å²) in [5, 5.41) is 3.87. The molecule has 0 radical (unpaired) electrons. The van der Waals surface area contributed by atoms with Gasteiger partial charge >= 0.3 is 5.97 Å². The molecule has 2 heterocycles. The maximum Gasteiger partial charge on any atom is 0.340 e. The Hall–Kier alpha value is -3.47. The molecule has 3 aromatic carbocycles. The summed E-state index contributed by atoms with van der Waals surface area (Å²) in [5.41, 5.74) is 4.20. The van der Waals surface area contributed by atoms with Gasteiger partial charge < -0.3 is 19.4 Å². The fraction of sp³-hybridized carbons (Fsp3) is 0.136. The first-order chi connectivity index (χ1) is 13.2. The molecule has 0 saturated carbocycles. The van der Waals surface area contributed by atoms with Gasteiger partial charge in [-0.3, -0.25) is 0 Å². The van der Waals surface area contributed by atoms with E-state index in [1.807, 2.05) is 43.3 Å². The molecule has 0 saturated heterocycles. The number of benzene rings is 3. The number of para-hydroxylation sites is 1. The second kappa shape index (κ2) is 5.77.